The van der Waals surface area contributed by atoms with Crippen molar-refractivity contribution in [3.63, 3.8) is 0 Å². The maximum absolute atomic E-state index is 12.0. The molecule has 1 rings (SSSR count). The van der Waals surface area contributed by atoms with Crippen molar-refractivity contribution in [2.75, 3.05) is 11.9 Å². The number of nitrogens with zero attached hydrogens (tertiary/aromatic N) is 1. The summed E-state index contributed by atoms with van der Waals surface area (Å²) in [6.07, 6.45) is 0. The van der Waals surface area contributed by atoms with Gasteiger partial charge in [-0.3, -0.25) is 4.79 Å². The first kappa shape index (κ1) is 13.7. The van der Waals surface area contributed by atoms with Crippen LogP contribution in [-0.2, 0) is 11.3 Å². The third kappa shape index (κ3) is 2.86. The highest BCUT2D eigenvalue weighted by Gasteiger charge is 2.17. The van der Waals surface area contributed by atoms with Gasteiger partial charge in [0.1, 0.15) is 0 Å². The highest BCUT2D eigenvalue weighted by Crippen LogP contribution is 2.24. The molecule has 1 aromatic carbocycles. The molecule has 0 aliphatic carbocycles. The number of hydrogen-bond acceptors (Lipinski definition) is 2. The first-order valence-corrected chi connectivity index (χ1v) is 5.96. The molecule has 1 aromatic rings. The molecule has 0 spiro atoms. The van der Waals surface area contributed by atoms with E-state index in [4.69, 9.17) is 5.73 Å². The number of aryl methyl sites for hydroxylation is 2. The van der Waals surface area contributed by atoms with E-state index in [-0.39, 0.29) is 11.8 Å². The largest absolute Gasteiger partial charge is 0.326 e. The van der Waals surface area contributed by atoms with E-state index in [1.54, 1.807) is 4.90 Å². The summed E-state index contributed by atoms with van der Waals surface area (Å²) in [6.45, 7) is 8.37. The van der Waals surface area contributed by atoms with E-state index >= 15 is 0 Å². The Kier molecular flexibility index (Phi) is 4.29. The molecule has 0 aliphatic rings. The Balaban J connectivity index is 3.21. The third-order valence-corrected chi connectivity index (χ3v) is 3.10. The van der Waals surface area contributed by atoms with Crippen molar-refractivity contribution in [2.45, 2.75) is 34.2 Å². The maximum Gasteiger partial charge on any atom is 0.229 e. The highest BCUT2D eigenvalue weighted by atomic mass is 16.2. The summed E-state index contributed by atoms with van der Waals surface area (Å²) in [5.74, 6) is 0.107. The molecule has 17 heavy (non-hydrogen) atoms. The molecule has 0 heterocycles. The van der Waals surface area contributed by atoms with Crippen LogP contribution in [-0.4, -0.2) is 13.0 Å². The van der Waals surface area contributed by atoms with Gasteiger partial charge in [-0.05, 0) is 36.6 Å². The minimum atomic E-state index is -0.00719. The van der Waals surface area contributed by atoms with Gasteiger partial charge in [0.05, 0.1) is 0 Å². The number of amides is 1. The van der Waals surface area contributed by atoms with E-state index in [2.05, 4.69) is 13.0 Å². The molecular formula is C14H22N2O. The summed E-state index contributed by atoms with van der Waals surface area (Å²) in [7, 11) is 1.81. The standard InChI is InChI=1S/C14H22N2O/c1-9(2)14(17)16(5)13-7-11(4)10(3)6-12(13)8-15/h6-7,9H,8,15H2,1-5H3. The van der Waals surface area contributed by atoms with Gasteiger partial charge in [0.2, 0.25) is 5.91 Å². The summed E-state index contributed by atoms with van der Waals surface area (Å²) in [6, 6.07) is 4.10. The second kappa shape index (κ2) is 5.32. The van der Waals surface area contributed by atoms with E-state index < -0.39 is 0 Å². The Labute approximate surface area is 104 Å². The lowest BCUT2D eigenvalue weighted by atomic mass is 10.0. The van der Waals surface area contributed by atoms with Crippen molar-refractivity contribution in [3.8, 4) is 0 Å². The Hall–Kier alpha value is -1.35. The van der Waals surface area contributed by atoms with Gasteiger partial charge in [-0.25, -0.2) is 0 Å². The number of nitrogens with two attached hydrogens (primary N) is 1. The smallest absolute Gasteiger partial charge is 0.229 e. The van der Waals surface area contributed by atoms with Gasteiger partial charge in [0.25, 0.3) is 0 Å². The second-order valence-corrected chi connectivity index (χ2v) is 4.82. The Morgan fingerprint density at radius 1 is 1.29 bits per heavy atom. The van der Waals surface area contributed by atoms with Crippen molar-refractivity contribution >= 4 is 11.6 Å². The highest BCUT2D eigenvalue weighted by molar-refractivity contribution is 5.95. The second-order valence-electron chi connectivity index (χ2n) is 4.82. The van der Waals surface area contributed by atoms with E-state index in [0.717, 1.165) is 11.3 Å². The van der Waals surface area contributed by atoms with Crippen molar-refractivity contribution in [3.05, 3.63) is 28.8 Å². The lowest BCUT2D eigenvalue weighted by molar-refractivity contribution is -0.121. The molecule has 0 unspecified atom stereocenters. The van der Waals surface area contributed by atoms with Crippen molar-refractivity contribution in [1.29, 1.82) is 0 Å². The molecule has 3 heteroatoms. The first-order valence-electron chi connectivity index (χ1n) is 5.96. The van der Waals surface area contributed by atoms with Gasteiger partial charge in [-0.2, -0.15) is 0 Å². The minimum Gasteiger partial charge on any atom is -0.326 e. The van der Waals surface area contributed by atoms with E-state index in [1.807, 2.05) is 33.9 Å². The van der Waals surface area contributed by atoms with Crippen molar-refractivity contribution in [1.82, 2.24) is 0 Å². The summed E-state index contributed by atoms with van der Waals surface area (Å²) < 4.78 is 0. The van der Waals surface area contributed by atoms with Gasteiger partial charge >= 0.3 is 0 Å². The molecule has 0 aromatic heterocycles. The molecule has 0 saturated carbocycles. The van der Waals surface area contributed by atoms with Crippen LogP contribution in [0.15, 0.2) is 12.1 Å². The SMILES string of the molecule is Cc1cc(CN)c(N(C)C(=O)C(C)C)cc1C. The van der Waals surface area contributed by atoms with Crippen LogP contribution >= 0.6 is 0 Å². The Bertz CT molecular complexity index is 424. The van der Waals surface area contributed by atoms with E-state index in [1.165, 1.54) is 11.1 Å². The lowest BCUT2D eigenvalue weighted by Crippen LogP contribution is -2.31. The van der Waals surface area contributed by atoms with Crippen LogP contribution in [0.5, 0.6) is 0 Å². The zero-order chi connectivity index (χ0) is 13.2. The molecule has 0 bridgehead atoms. The molecule has 94 valence electrons. The molecule has 0 aliphatic heterocycles. The summed E-state index contributed by atoms with van der Waals surface area (Å²) in [5.41, 5.74) is 10.1. The zero-order valence-corrected chi connectivity index (χ0v) is 11.4. The quantitative estimate of drug-likeness (QED) is 0.872. The fourth-order valence-corrected chi connectivity index (χ4v) is 1.84. The van der Waals surface area contributed by atoms with Crippen LogP contribution in [0, 0.1) is 19.8 Å². The first-order chi connectivity index (χ1) is 7.88. The van der Waals surface area contributed by atoms with Crippen LogP contribution in [0.4, 0.5) is 5.69 Å². The van der Waals surface area contributed by atoms with Gasteiger partial charge in [0, 0.05) is 25.2 Å². The number of rotatable bonds is 3. The normalized spacial score (nSPS) is 10.8. The molecule has 0 atom stereocenters. The predicted molar refractivity (Wildman–Crippen MR) is 72.1 cm³/mol. The third-order valence-electron chi connectivity index (χ3n) is 3.10. The fraction of sp³-hybridized carbons (Fsp3) is 0.500. The van der Waals surface area contributed by atoms with Crippen LogP contribution in [0.25, 0.3) is 0 Å². The number of carbonyl (C=O) groups excluding carboxylic acids is 1. The number of carbonyl (C=O) groups is 1. The summed E-state index contributed by atoms with van der Waals surface area (Å²) >= 11 is 0. The van der Waals surface area contributed by atoms with Gasteiger partial charge < -0.3 is 10.6 Å². The predicted octanol–water partition coefficient (Wildman–Crippen LogP) is 2.38. The van der Waals surface area contributed by atoms with Crippen LogP contribution in [0.2, 0.25) is 0 Å². The molecule has 1 amide bonds. The summed E-state index contributed by atoms with van der Waals surface area (Å²) in [4.78, 5) is 13.7. The molecule has 0 radical (unpaired) electrons. The number of benzene rings is 1. The molecule has 2 N–H and O–H groups in total. The minimum absolute atomic E-state index is 0.00719. The van der Waals surface area contributed by atoms with E-state index in [9.17, 15) is 4.79 Å². The number of anilines is 1. The molecule has 3 nitrogen and oxygen atoms in total. The van der Waals surface area contributed by atoms with Crippen LogP contribution < -0.4 is 10.6 Å². The van der Waals surface area contributed by atoms with Gasteiger partial charge in [-0.15, -0.1) is 0 Å². The fourth-order valence-electron chi connectivity index (χ4n) is 1.84. The Morgan fingerprint density at radius 2 is 1.82 bits per heavy atom. The monoisotopic (exact) mass is 234 g/mol. The molecule has 0 saturated heterocycles. The Morgan fingerprint density at radius 3 is 2.29 bits per heavy atom. The number of hydrogen-bond donors (Lipinski definition) is 1. The zero-order valence-electron chi connectivity index (χ0n) is 11.4. The average molecular weight is 234 g/mol. The lowest BCUT2D eigenvalue weighted by Gasteiger charge is -2.23. The van der Waals surface area contributed by atoms with Gasteiger partial charge in [0.15, 0.2) is 0 Å². The molecule has 0 fully saturated rings. The van der Waals surface area contributed by atoms with Crippen molar-refractivity contribution in [2.24, 2.45) is 11.7 Å². The maximum atomic E-state index is 12.0. The average Bonchev–Trinajstić information content (AvgIpc) is 2.29. The van der Waals surface area contributed by atoms with Gasteiger partial charge in [-0.1, -0.05) is 19.9 Å². The topological polar surface area (TPSA) is 46.3 Å². The summed E-state index contributed by atoms with van der Waals surface area (Å²) in [5, 5.41) is 0. The van der Waals surface area contributed by atoms with E-state index in [0.29, 0.717) is 6.54 Å². The van der Waals surface area contributed by atoms with Crippen LogP contribution in [0.1, 0.15) is 30.5 Å². The molecular weight excluding hydrogens is 212 g/mol. The van der Waals surface area contributed by atoms with Crippen molar-refractivity contribution < 1.29 is 4.79 Å². The van der Waals surface area contributed by atoms with Crippen LogP contribution in [0.3, 0.4) is 0 Å².